The maximum absolute atomic E-state index is 12.6. The van der Waals surface area contributed by atoms with E-state index in [0.29, 0.717) is 27.9 Å². The van der Waals surface area contributed by atoms with Gasteiger partial charge in [-0.1, -0.05) is 11.6 Å². The number of hydrogen-bond acceptors (Lipinski definition) is 5. The van der Waals surface area contributed by atoms with Crippen LogP contribution in [0.3, 0.4) is 0 Å². The predicted molar refractivity (Wildman–Crippen MR) is 112 cm³/mol. The Balaban J connectivity index is 1.80. The van der Waals surface area contributed by atoms with Crippen LogP contribution >= 0.6 is 11.6 Å². The number of nitrogens with one attached hydrogen (secondary N) is 1. The van der Waals surface area contributed by atoms with Gasteiger partial charge in [-0.05, 0) is 66.7 Å². The van der Waals surface area contributed by atoms with Gasteiger partial charge in [-0.15, -0.1) is 0 Å². The molecule has 0 bridgehead atoms. The van der Waals surface area contributed by atoms with E-state index in [-0.39, 0.29) is 5.78 Å². The Kier molecular flexibility index (Phi) is 6.29. The van der Waals surface area contributed by atoms with Crippen molar-refractivity contribution < 1.29 is 14.3 Å². The number of halogens is 1. The molecule has 0 saturated carbocycles. The van der Waals surface area contributed by atoms with E-state index in [1.165, 1.54) is 13.2 Å². The fourth-order valence-electron chi connectivity index (χ4n) is 2.58. The number of rotatable bonds is 7. The van der Waals surface area contributed by atoms with Crippen molar-refractivity contribution in [3.05, 3.63) is 83.0 Å². The van der Waals surface area contributed by atoms with Crippen molar-refractivity contribution in [3.63, 3.8) is 0 Å². The molecule has 1 aromatic heterocycles. The largest absolute Gasteiger partial charge is 0.493 e. The average molecular weight is 395 g/mol. The van der Waals surface area contributed by atoms with Gasteiger partial charge in [0.15, 0.2) is 17.3 Å². The maximum atomic E-state index is 12.6. The molecule has 142 valence electrons. The number of nitrogens with zero attached hydrogens (tertiary/aromatic N) is 1. The van der Waals surface area contributed by atoms with E-state index in [1.807, 2.05) is 24.3 Å². The molecule has 1 N–H and O–H groups in total. The van der Waals surface area contributed by atoms with Crippen molar-refractivity contribution in [2.24, 2.45) is 0 Å². The Hall–Kier alpha value is -3.31. The second-order valence-electron chi connectivity index (χ2n) is 5.84. The van der Waals surface area contributed by atoms with E-state index in [0.717, 1.165) is 11.3 Å². The van der Waals surface area contributed by atoms with Gasteiger partial charge in [-0.25, -0.2) is 4.98 Å². The highest BCUT2D eigenvalue weighted by atomic mass is 35.5. The van der Waals surface area contributed by atoms with Gasteiger partial charge in [0.2, 0.25) is 0 Å². The molecule has 3 aromatic rings. The first kappa shape index (κ1) is 19.5. The van der Waals surface area contributed by atoms with Gasteiger partial charge in [-0.3, -0.25) is 4.79 Å². The van der Waals surface area contributed by atoms with Crippen molar-refractivity contribution in [3.8, 4) is 11.5 Å². The van der Waals surface area contributed by atoms with Crippen LogP contribution in [0.4, 0.5) is 11.5 Å². The summed E-state index contributed by atoms with van der Waals surface area (Å²) in [5.74, 6) is 1.57. The number of allylic oxidation sites excluding steroid dienone is 1. The van der Waals surface area contributed by atoms with Gasteiger partial charge in [0, 0.05) is 28.0 Å². The first-order chi connectivity index (χ1) is 13.6. The molecule has 0 spiro atoms. The molecule has 0 aliphatic carbocycles. The highest BCUT2D eigenvalue weighted by Crippen LogP contribution is 2.28. The van der Waals surface area contributed by atoms with Crippen molar-refractivity contribution in [1.29, 1.82) is 0 Å². The molecule has 0 atom stereocenters. The maximum Gasteiger partial charge on any atom is 0.185 e. The summed E-state index contributed by atoms with van der Waals surface area (Å²) in [7, 11) is 3.09. The number of benzene rings is 2. The minimum Gasteiger partial charge on any atom is -0.493 e. The second-order valence-corrected chi connectivity index (χ2v) is 6.28. The lowest BCUT2D eigenvalue weighted by Crippen LogP contribution is -1.98. The van der Waals surface area contributed by atoms with E-state index >= 15 is 0 Å². The zero-order valence-electron chi connectivity index (χ0n) is 15.5. The van der Waals surface area contributed by atoms with E-state index in [2.05, 4.69) is 10.3 Å². The normalized spacial score (nSPS) is 10.7. The fraction of sp³-hybridized carbons (Fsp3) is 0.0909. The van der Waals surface area contributed by atoms with Crippen LogP contribution in [0.25, 0.3) is 6.08 Å². The topological polar surface area (TPSA) is 60.5 Å². The summed E-state index contributed by atoms with van der Waals surface area (Å²) in [6.45, 7) is 0. The van der Waals surface area contributed by atoms with Crippen molar-refractivity contribution >= 4 is 35.0 Å². The zero-order valence-corrected chi connectivity index (χ0v) is 16.2. The van der Waals surface area contributed by atoms with Crippen LogP contribution in [0.1, 0.15) is 15.9 Å². The van der Waals surface area contributed by atoms with Gasteiger partial charge in [-0.2, -0.15) is 0 Å². The molecule has 5 nitrogen and oxygen atoms in total. The van der Waals surface area contributed by atoms with Crippen molar-refractivity contribution in [2.75, 3.05) is 19.5 Å². The molecule has 2 aromatic carbocycles. The predicted octanol–water partition coefficient (Wildman–Crippen LogP) is 5.39. The summed E-state index contributed by atoms with van der Waals surface area (Å²) in [4.78, 5) is 16.9. The Morgan fingerprint density at radius 3 is 2.50 bits per heavy atom. The third-order valence-electron chi connectivity index (χ3n) is 4.03. The number of ether oxygens (including phenoxy) is 2. The highest BCUT2D eigenvalue weighted by Gasteiger charge is 2.09. The standard InChI is InChI=1S/C22H19ClN2O3/c1-27-20-12-6-16(14-21(20)28-2)19(26)11-5-15-4-3-13-24-22(15)25-18-9-7-17(23)8-10-18/h3-14H,1-2H3,(H,24,25). The fourth-order valence-corrected chi connectivity index (χ4v) is 2.70. The average Bonchev–Trinajstić information content (AvgIpc) is 2.74. The van der Waals surface area contributed by atoms with E-state index in [9.17, 15) is 4.79 Å². The van der Waals surface area contributed by atoms with Crippen LogP contribution in [0.5, 0.6) is 11.5 Å². The number of aromatic nitrogens is 1. The van der Waals surface area contributed by atoms with Gasteiger partial charge < -0.3 is 14.8 Å². The lowest BCUT2D eigenvalue weighted by molar-refractivity contribution is 0.104. The van der Waals surface area contributed by atoms with Gasteiger partial charge >= 0.3 is 0 Å². The Morgan fingerprint density at radius 1 is 1.04 bits per heavy atom. The monoisotopic (exact) mass is 394 g/mol. The first-order valence-corrected chi connectivity index (χ1v) is 8.90. The van der Waals surface area contributed by atoms with Gasteiger partial charge in [0.05, 0.1) is 14.2 Å². The molecular weight excluding hydrogens is 376 g/mol. The Morgan fingerprint density at radius 2 is 1.79 bits per heavy atom. The summed E-state index contributed by atoms with van der Waals surface area (Å²) in [6.07, 6.45) is 4.92. The smallest absolute Gasteiger partial charge is 0.185 e. The molecule has 0 radical (unpaired) electrons. The number of methoxy groups -OCH3 is 2. The van der Waals surface area contributed by atoms with E-state index in [4.69, 9.17) is 21.1 Å². The lowest BCUT2D eigenvalue weighted by Gasteiger charge is -2.09. The molecule has 0 unspecified atom stereocenters. The van der Waals surface area contributed by atoms with Gasteiger partial charge in [0.25, 0.3) is 0 Å². The number of anilines is 2. The van der Waals surface area contributed by atoms with Crippen molar-refractivity contribution in [2.45, 2.75) is 0 Å². The summed E-state index contributed by atoms with van der Waals surface area (Å²) in [5, 5.41) is 3.89. The van der Waals surface area contributed by atoms with Crippen LogP contribution < -0.4 is 14.8 Å². The summed E-state index contributed by atoms with van der Waals surface area (Å²) in [6, 6.07) is 16.1. The first-order valence-electron chi connectivity index (χ1n) is 8.53. The molecule has 1 heterocycles. The van der Waals surface area contributed by atoms with Gasteiger partial charge in [0.1, 0.15) is 5.82 Å². The van der Waals surface area contributed by atoms with Crippen LogP contribution in [0, 0.1) is 0 Å². The summed E-state index contributed by atoms with van der Waals surface area (Å²) >= 11 is 5.92. The molecule has 0 aliphatic rings. The lowest BCUT2D eigenvalue weighted by atomic mass is 10.1. The molecule has 3 rings (SSSR count). The molecule has 0 amide bonds. The van der Waals surface area contributed by atoms with Crippen LogP contribution in [0.2, 0.25) is 5.02 Å². The summed E-state index contributed by atoms with van der Waals surface area (Å²) in [5.41, 5.74) is 2.14. The minimum atomic E-state index is -0.151. The van der Waals surface area contributed by atoms with E-state index in [1.54, 1.807) is 49.7 Å². The van der Waals surface area contributed by atoms with Crippen LogP contribution in [-0.2, 0) is 0 Å². The zero-order chi connectivity index (χ0) is 19.9. The number of carbonyl (C=O) groups is 1. The minimum absolute atomic E-state index is 0.151. The Bertz CT molecular complexity index is 1000. The number of pyridine rings is 1. The summed E-state index contributed by atoms with van der Waals surface area (Å²) < 4.78 is 10.5. The van der Waals surface area contributed by atoms with Crippen molar-refractivity contribution in [1.82, 2.24) is 4.98 Å². The number of hydrogen-bond donors (Lipinski definition) is 1. The third kappa shape index (κ3) is 4.69. The molecule has 0 aliphatic heterocycles. The molecule has 28 heavy (non-hydrogen) atoms. The van der Waals surface area contributed by atoms with Crippen LogP contribution in [0.15, 0.2) is 66.9 Å². The Labute approximate surface area is 168 Å². The molecule has 6 heteroatoms. The molecule has 0 saturated heterocycles. The molecular formula is C22H19ClN2O3. The van der Waals surface area contributed by atoms with E-state index < -0.39 is 0 Å². The van der Waals surface area contributed by atoms with Crippen LogP contribution in [-0.4, -0.2) is 25.0 Å². The highest BCUT2D eigenvalue weighted by molar-refractivity contribution is 6.30. The number of carbonyl (C=O) groups excluding carboxylic acids is 1. The quantitative estimate of drug-likeness (QED) is 0.430. The third-order valence-corrected chi connectivity index (χ3v) is 4.28. The number of ketones is 1. The SMILES string of the molecule is COc1ccc(C(=O)C=Cc2cccnc2Nc2ccc(Cl)cc2)cc1OC. The molecule has 0 fully saturated rings. The second kappa shape index (κ2) is 9.06.